The number of epoxide rings is 1. The van der Waals surface area contributed by atoms with E-state index in [0.29, 0.717) is 19.1 Å². The molecule has 0 amide bonds. The third kappa shape index (κ3) is 6.59. The zero-order valence-corrected chi connectivity index (χ0v) is 23.6. The first-order valence-corrected chi connectivity index (χ1v) is 13.4. The molecule has 3 aromatic rings. The van der Waals surface area contributed by atoms with Gasteiger partial charge in [0.2, 0.25) is 5.79 Å². The molecule has 1 aliphatic heterocycles. The zero-order valence-electron chi connectivity index (χ0n) is 22.8. The van der Waals surface area contributed by atoms with E-state index in [4.69, 9.17) is 35.3 Å². The van der Waals surface area contributed by atoms with Crippen molar-refractivity contribution in [1.82, 2.24) is 0 Å². The third-order valence-corrected chi connectivity index (χ3v) is 6.99. The Morgan fingerprint density at radius 3 is 1.87 bits per heavy atom. The van der Waals surface area contributed by atoms with E-state index in [2.05, 4.69) is 69.3 Å². The van der Waals surface area contributed by atoms with Gasteiger partial charge in [-0.05, 0) is 58.5 Å². The standard InChI is InChI=1S/C32H37ClO5/c1-31(2,3)32(22-37-32)38-27-17-13-25(14-18-27)30(28(19-20-33)23-9-7-6-8-10-23)24-11-15-26(16-12-24)36-21-29(34-4)35-5/h6-18,29H,19-22H2,1-5H3/b30-28+. The maximum atomic E-state index is 6.32. The van der Waals surface area contributed by atoms with Gasteiger partial charge in [-0.3, -0.25) is 0 Å². The number of hydrogen-bond donors (Lipinski definition) is 0. The van der Waals surface area contributed by atoms with Gasteiger partial charge in [-0.1, -0.05) is 75.4 Å². The number of benzene rings is 3. The van der Waals surface area contributed by atoms with Crippen molar-refractivity contribution in [3.63, 3.8) is 0 Å². The topological polar surface area (TPSA) is 49.5 Å². The second kappa shape index (κ2) is 12.4. The Morgan fingerprint density at radius 1 is 0.842 bits per heavy atom. The molecule has 202 valence electrons. The van der Waals surface area contributed by atoms with E-state index in [1.807, 2.05) is 30.3 Å². The largest absolute Gasteiger partial charge is 0.488 e. The average molecular weight is 537 g/mol. The Labute approximate surface area is 231 Å². The second-order valence-electron chi connectivity index (χ2n) is 10.3. The monoisotopic (exact) mass is 536 g/mol. The van der Waals surface area contributed by atoms with Crippen molar-refractivity contribution < 1.29 is 23.7 Å². The van der Waals surface area contributed by atoms with Crippen molar-refractivity contribution >= 4 is 22.7 Å². The van der Waals surface area contributed by atoms with Gasteiger partial charge in [0.05, 0.1) is 0 Å². The van der Waals surface area contributed by atoms with Crippen LogP contribution in [-0.4, -0.2) is 45.4 Å². The quantitative estimate of drug-likeness (QED) is 0.104. The molecule has 1 heterocycles. The summed E-state index contributed by atoms with van der Waals surface area (Å²) in [6, 6.07) is 26.7. The fourth-order valence-corrected chi connectivity index (χ4v) is 4.56. The summed E-state index contributed by atoms with van der Waals surface area (Å²) < 4.78 is 28.3. The van der Waals surface area contributed by atoms with Crippen LogP contribution < -0.4 is 9.47 Å². The van der Waals surface area contributed by atoms with Crippen LogP contribution in [0, 0.1) is 5.41 Å². The highest BCUT2D eigenvalue weighted by Crippen LogP contribution is 2.45. The van der Waals surface area contributed by atoms with E-state index >= 15 is 0 Å². The summed E-state index contributed by atoms with van der Waals surface area (Å²) in [6.45, 7) is 7.29. The van der Waals surface area contributed by atoms with Gasteiger partial charge in [0.15, 0.2) is 6.29 Å². The average Bonchev–Trinajstić information content (AvgIpc) is 3.72. The lowest BCUT2D eigenvalue weighted by Gasteiger charge is -2.28. The molecule has 0 radical (unpaired) electrons. The molecule has 38 heavy (non-hydrogen) atoms. The SMILES string of the molecule is COC(COc1ccc(/C(=C(/CCCl)c2ccccc2)c2ccc(OC3(C(C)(C)C)CO3)cc2)cc1)OC. The van der Waals surface area contributed by atoms with E-state index in [0.717, 1.165) is 40.2 Å². The third-order valence-electron chi connectivity index (χ3n) is 6.80. The lowest BCUT2D eigenvalue weighted by atomic mass is 9.88. The highest BCUT2D eigenvalue weighted by atomic mass is 35.5. The zero-order chi connectivity index (χ0) is 27.2. The molecule has 0 spiro atoms. The number of allylic oxidation sites excluding steroid dienone is 1. The van der Waals surface area contributed by atoms with Gasteiger partial charge in [-0.2, -0.15) is 0 Å². The minimum atomic E-state index is -0.568. The van der Waals surface area contributed by atoms with Crippen molar-refractivity contribution in [3.05, 3.63) is 95.6 Å². The lowest BCUT2D eigenvalue weighted by Crippen LogP contribution is -2.36. The molecule has 4 rings (SSSR count). The van der Waals surface area contributed by atoms with Crippen molar-refractivity contribution in [2.75, 3.05) is 33.3 Å². The van der Waals surface area contributed by atoms with E-state index in [9.17, 15) is 0 Å². The summed E-state index contributed by atoms with van der Waals surface area (Å²) in [5.74, 6) is 1.47. The molecule has 0 saturated carbocycles. The Bertz CT molecular complexity index is 1190. The van der Waals surface area contributed by atoms with Gasteiger partial charge in [0.25, 0.3) is 0 Å². The van der Waals surface area contributed by atoms with Crippen LogP contribution >= 0.6 is 11.6 Å². The van der Waals surface area contributed by atoms with Crippen molar-refractivity contribution in [2.24, 2.45) is 5.41 Å². The molecule has 3 aromatic carbocycles. The molecule has 0 bridgehead atoms. The molecule has 1 aliphatic rings. The molecule has 1 unspecified atom stereocenters. The van der Waals surface area contributed by atoms with Crippen LogP contribution in [0.1, 0.15) is 43.9 Å². The van der Waals surface area contributed by atoms with Gasteiger partial charge >= 0.3 is 0 Å². The predicted molar refractivity (Wildman–Crippen MR) is 153 cm³/mol. The summed E-state index contributed by atoms with van der Waals surface area (Å²) in [4.78, 5) is 0. The Morgan fingerprint density at radius 2 is 1.39 bits per heavy atom. The number of alkyl halides is 1. The van der Waals surface area contributed by atoms with Gasteiger partial charge in [-0.25, -0.2) is 0 Å². The molecular formula is C32H37ClO5. The van der Waals surface area contributed by atoms with E-state index in [1.165, 1.54) is 5.57 Å². The molecule has 1 atom stereocenters. The van der Waals surface area contributed by atoms with Crippen molar-refractivity contribution in [3.8, 4) is 11.5 Å². The first kappa shape index (κ1) is 28.2. The smallest absolute Gasteiger partial charge is 0.239 e. The predicted octanol–water partition coefficient (Wildman–Crippen LogP) is 7.42. The van der Waals surface area contributed by atoms with Gasteiger partial charge < -0.3 is 23.7 Å². The summed E-state index contributed by atoms with van der Waals surface area (Å²) in [5.41, 5.74) is 5.48. The Hall–Kier alpha value is -2.83. The molecule has 1 fully saturated rings. The summed E-state index contributed by atoms with van der Waals surface area (Å²) in [6.07, 6.45) is 0.305. The van der Waals surface area contributed by atoms with Crippen molar-refractivity contribution in [1.29, 1.82) is 0 Å². The Kier molecular flexibility index (Phi) is 9.16. The maximum Gasteiger partial charge on any atom is 0.239 e. The normalized spacial score (nSPS) is 17.8. The number of hydrogen-bond acceptors (Lipinski definition) is 5. The highest BCUT2D eigenvalue weighted by Gasteiger charge is 2.57. The number of methoxy groups -OCH3 is 2. The van der Waals surface area contributed by atoms with Gasteiger partial charge in [0, 0.05) is 25.5 Å². The van der Waals surface area contributed by atoms with Crippen LogP contribution in [0.2, 0.25) is 0 Å². The summed E-state index contributed by atoms with van der Waals surface area (Å²) in [7, 11) is 3.19. The molecule has 0 N–H and O–H groups in total. The van der Waals surface area contributed by atoms with Crippen LogP contribution in [-0.2, 0) is 14.2 Å². The van der Waals surface area contributed by atoms with Gasteiger partial charge in [-0.15, -0.1) is 11.6 Å². The first-order valence-electron chi connectivity index (χ1n) is 12.9. The van der Waals surface area contributed by atoms with E-state index in [1.54, 1.807) is 14.2 Å². The van der Waals surface area contributed by atoms with Crippen LogP contribution in [0.25, 0.3) is 11.1 Å². The minimum Gasteiger partial charge on any atom is -0.488 e. The number of ether oxygens (including phenoxy) is 5. The van der Waals surface area contributed by atoms with Crippen molar-refractivity contribution in [2.45, 2.75) is 39.3 Å². The number of halogens is 1. The molecule has 0 aromatic heterocycles. The molecule has 5 nitrogen and oxygen atoms in total. The van der Waals surface area contributed by atoms with Crippen LogP contribution in [0.3, 0.4) is 0 Å². The van der Waals surface area contributed by atoms with Crippen LogP contribution in [0.15, 0.2) is 78.9 Å². The van der Waals surface area contributed by atoms with Gasteiger partial charge in [0.1, 0.15) is 24.7 Å². The first-order chi connectivity index (χ1) is 18.3. The summed E-state index contributed by atoms with van der Waals surface area (Å²) >= 11 is 6.32. The van der Waals surface area contributed by atoms with E-state index < -0.39 is 12.1 Å². The molecular weight excluding hydrogens is 500 g/mol. The minimum absolute atomic E-state index is 0.117. The molecule has 6 heteroatoms. The summed E-state index contributed by atoms with van der Waals surface area (Å²) in [5, 5.41) is 0. The molecule has 1 saturated heterocycles. The van der Waals surface area contributed by atoms with Crippen LogP contribution in [0.5, 0.6) is 11.5 Å². The number of rotatable bonds is 12. The van der Waals surface area contributed by atoms with Crippen LogP contribution in [0.4, 0.5) is 0 Å². The van der Waals surface area contributed by atoms with E-state index in [-0.39, 0.29) is 5.41 Å². The lowest BCUT2D eigenvalue weighted by molar-refractivity contribution is -0.121. The molecule has 0 aliphatic carbocycles. The second-order valence-corrected chi connectivity index (χ2v) is 10.7. The Balaban J connectivity index is 1.70. The fraction of sp³-hybridized carbons (Fsp3) is 0.375. The highest BCUT2D eigenvalue weighted by molar-refractivity contribution is 6.18. The fourth-order valence-electron chi connectivity index (χ4n) is 4.37. The maximum absolute atomic E-state index is 6.32.